The number of likely N-dealkylation sites (tertiary alicyclic amines) is 1. The van der Waals surface area contributed by atoms with E-state index >= 15 is 0 Å². The molecule has 3 amide bonds. The average molecular weight is 440 g/mol. The van der Waals surface area contributed by atoms with Crippen LogP contribution < -0.4 is 10.6 Å². The van der Waals surface area contributed by atoms with Crippen LogP contribution in [0.5, 0.6) is 0 Å². The molecule has 9 heteroatoms. The summed E-state index contributed by atoms with van der Waals surface area (Å²) < 4.78 is 0. The van der Waals surface area contributed by atoms with Crippen LogP contribution in [0.1, 0.15) is 45.6 Å². The maximum absolute atomic E-state index is 13.0. The summed E-state index contributed by atoms with van der Waals surface area (Å²) >= 11 is 0. The van der Waals surface area contributed by atoms with E-state index in [2.05, 4.69) is 10.6 Å². The average Bonchev–Trinajstić information content (AvgIpc) is 2.75. The van der Waals surface area contributed by atoms with Crippen LogP contribution in [0.25, 0.3) is 0 Å². The zero-order valence-electron chi connectivity index (χ0n) is 19.0. The number of urea groups is 1. The zero-order chi connectivity index (χ0) is 23.7. The molecular weight excluding hydrogens is 407 g/mol. The van der Waals surface area contributed by atoms with Gasteiger partial charge in [0.1, 0.15) is 11.6 Å². The lowest BCUT2D eigenvalue weighted by Gasteiger charge is -2.36. The number of nitrogens with zero attached hydrogens (tertiary/aromatic N) is 2. The molecule has 1 heterocycles. The van der Waals surface area contributed by atoms with E-state index in [0.717, 1.165) is 24.8 Å². The topological polar surface area (TPSA) is 126 Å². The molecule has 2 atom stereocenters. The predicted molar refractivity (Wildman–Crippen MR) is 123 cm³/mol. The van der Waals surface area contributed by atoms with Crippen molar-refractivity contribution in [1.29, 1.82) is 5.26 Å². The Morgan fingerprint density at radius 2 is 1.97 bits per heavy atom. The van der Waals surface area contributed by atoms with E-state index in [1.54, 1.807) is 11.0 Å². The summed E-state index contributed by atoms with van der Waals surface area (Å²) in [5.74, 6) is -1.19. The molecule has 0 saturated carbocycles. The largest absolute Gasteiger partial charge is 0.475 e. The lowest BCUT2D eigenvalue weighted by atomic mass is 9.76. The summed E-state index contributed by atoms with van der Waals surface area (Å²) in [5, 5.41) is 34.1. The highest BCUT2D eigenvalue weighted by atomic mass is 16.4. The summed E-state index contributed by atoms with van der Waals surface area (Å²) in [7, 11) is -1.71. The molecule has 4 N–H and O–H groups in total. The minimum absolute atomic E-state index is 0.111. The molecule has 1 aliphatic rings. The third-order valence-corrected chi connectivity index (χ3v) is 5.29. The van der Waals surface area contributed by atoms with Crippen LogP contribution in [0.4, 0.5) is 4.79 Å². The van der Waals surface area contributed by atoms with Crippen LogP contribution >= 0.6 is 0 Å². The van der Waals surface area contributed by atoms with Crippen LogP contribution in [0.15, 0.2) is 42.0 Å². The van der Waals surface area contributed by atoms with Crippen molar-refractivity contribution in [3.8, 4) is 6.07 Å². The fraction of sp³-hybridized carbons (Fsp3) is 0.522. The standard InChI is InChI=1S/C23H33BN4O4/c1-23(2,3)14-18(15-25)21(29)28-12-8-7-11-19(28)16-26-22(30)27-20(24(31)32)13-17-9-5-4-6-10-17/h4-6,9-10,14,19-20,31-32H,7-8,11-13,16H2,1-3H3,(H2,26,27,30)/b18-14+/t19-,20-/m0/s1. The maximum atomic E-state index is 13.0. The minimum Gasteiger partial charge on any atom is -0.426 e. The van der Waals surface area contributed by atoms with Crippen LogP contribution in [0, 0.1) is 16.7 Å². The number of allylic oxidation sites excluding steroid dienone is 1. The number of hydrogen-bond donors (Lipinski definition) is 4. The van der Waals surface area contributed by atoms with E-state index in [1.165, 1.54) is 0 Å². The molecule has 0 bridgehead atoms. The molecule has 2 rings (SSSR count). The number of carbonyl (C=O) groups is 2. The highest BCUT2D eigenvalue weighted by Gasteiger charge is 2.31. The van der Waals surface area contributed by atoms with Crippen molar-refractivity contribution in [3.05, 3.63) is 47.5 Å². The number of nitrogens with one attached hydrogen (secondary N) is 2. The first-order valence-corrected chi connectivity index (χ1v) is 11.0. The molecule has 1 saturated heterocycles. The zero-order valence-corrected chi connectivity index (χ0v) is 19.0. The van der Waals surface area contributed by atoms with Crippen molar-refractivity contribution in [3.63, 3.8) is 0 Å². The molecule has 0 aliphatic carbocycles. The number of nitriles is 1. The van der Waals surface area contributed by atoms with Gasteiger partial charge >= 0.3 is 13.1 Å². The van der Waals surface area contributed by atoms with Gasteiger partial charge in [0.25, 0.3) is 5.91 Å². The van der Waals surface area contributed by atoms with Gasteiger partial charge in [0.05, 0.1) is 5.94 Å². The van der Waals surface area contributed by atoms with Crippen LogP contribution in [0.3, 0.4) is 0 Å². The Labute approximate surface area is 190 Å². The van der Waals surface area contributed by atoms with Gasteiger partial charge in [-0.2, -0.15) is 5.26 Å². The van der Waals surface area contributed by atoms with Gasteiger partial charge in [-0.25, -0.2) is 4.79 Å². The van der Waals surface area contributed by atoms with Gasteiger partial charge in [0, 0.05) is 19.1 Å². The van der Waals surface area contributed by atoms with Gasteiger partial charge in [-0.15, -0.1) is 0 Å². The highest BCUT2D eigenvalue weighted by Crippen LogP contribution is 2.22. The second kappa shape index (κ2) is 11.7. The summed E-state index contributed by atoms with van der Waals surface area (Å²) in [5.41, 5.74) is 0.674. The van der Waals surface area contributed by atoms with Gasteiger partial charge in [0.2, 0.25) is 0 Å². The number of amides is 3. The van der Waals surface area contributed by atoms with E-state index in [-0.39, 0.29) is 35.9 Å². The summed E-state index contributed by atoms with van der Waals surface area (Å²) in [6.45, 7) is 6.53. The molecule has 0 spiro atoms. The predicted octanol–water partition coefficient (Wildman–Crippen LogP) is 1.79. The van der Waals surface area contributed by atoms with E-state index in [1.807, 2.05) is 57.2 Å². The third-order valence-electron chi connectivity index (χ3n) is 5.29. The smallest absolute Gasteiger partial charge is 0.426 e. The molecule has 0 unspecified atom stereocenters. The number of rotatable bonds is 7. The SMILES string of the molecule is CC(C)(C)/C=C(\C#N)C(=O)N1CCCC[C@H]1CNC(=O)N[C@@H](Cc1ccccc1)B(O)O. The van der Waals surface area contributed by atoms with Gasteiger partial charge < -0.3 is 25.6 Å². The van der Waals surface area contributed by atoms with Crippen molar-refractivity contribution in [2.24, 2.45) is 5.41 Å². The quantitative estimate of drug-likeness (QED) is 0.292. The van der Waals surface area contributed by atoms with Crippen LogP contribution in [-0.4, -0.2) is 59.1 Å². The van der Waals surface area contributed by atoms with E-state index in [9.17, 15) is 24.9 Å². The van der Waals surface area contributed by atoms with E-state index < -0.39 is 19.1 Å². The molecule has 0 radical (unpaired) electrons. The second-order valence-corrected chi connectivity index (χ2v) is 9.25. The lowest BCUT2D eigenvalue weighted by molar-refractivity contribution is -0.130. The van der Waals surface area contributed by atoms with Crippen LogP contribution in [0.2, 0.25) is 0 Å². The molecular formula is C23H33BN4O4. The van der Waals surface area contributed by atoms with Gasteiger partial charge in [-0.05, 0) is 36.7 Å². The lowest BCUT2D eigenvalue weighted by Crippen LogP contribution is -2.54. The van der Waals surface area contributed by atoms with Crippen LogP contribution in [-0.2, 0) is 11.2 Å². The first kappa shape index (κ1) is 25.4. The summed E-state index contributed by atoms with van der Waals surface area (Å²) in [6, 6.07) is 10.5. The fourth-order valence-corrected chi connectivity index (χ4v) is 3.74. The van der Waals surface area contributed by atoms with Crippen molar-refractivity contribution in [2.75, 3.05) is 13.1 Å². The van der Waals surface area contributed by atoms with Gasteiger partial charge in [-0.1, -0.05) is 57.2 Å². The molecule has 0 aromatic heterocycles. The Hall–Kier alpha value is -2.83. The monoisotopic (exact) mass is 440 g/mol. The Morgan fingerprint density at radius 1 is 1.28 bits per heavy atom. The summed E-state index contributed by atoms with van der Waals surface area (Å²) in [6.07, 6.45) is 4.44. The number of hydrogen-bond acceptors (Lipinski definition) is 5. The second-order valence-electron chi connectivity index (χ2n) is 9.25. The molecule has 8 nitrogen and oxygen atoms in total. The number of piperidine rings is 1. The van der Waals surface area contributed by atoms with Crippen molar-refractivity contribution in [1.82, 2.24) is 15.5 Å². The molecule has 1 aromatic carbocycles. The first-order chi connectivity index (χ1) is 15.1. The van der Waals surface area contributed by atoms with Crippen molar-refractivity contribution in [2.45, 2.75) is 58.4 Å². The fourth-order valence-electron chi connectivity index (χ4n) is 3.74. The van der Waals surface area contributed by atoms with Crippen molar-refractivity contribution < 1.29 is 19.6 Å². The Morgan fingerprint density at radius 3 is 2.56 bits per heavy atom. The first-order valence-electron chi connectivity index (χ1n) is 11.0. The Kier molecular flexibility index (Phi) is 9.30. The normalized spacial score (nSPS) is 17.8. The Bertz CT molecular complexity index is 846. The van der Waals surface area contributed by atoms with Crippen molar-refractivity contribution >= 4 is 19.1 Å². The number of benzene rings is 1. The Balaban J connectivity index is 1.99. The molecule has 32 heavy (non-hydrogen) atoms. The molecule has 172 valence electrons. The minimum atomic E-state index is -1.71. The van der Waals surface area contributed by atoms with Gasteiger partial charge in [-0.3, -0.25) is 4.79 Å². The number of carbonyl (C=O) groups excluding carboxylic acids is 2. The maximum Gasteiger partial charge on any atom is 0.475 e. The van der Waals surface area contributed by atoms with Gasteiger partial charge in [0.15, 0.2) is 0 Å². The molecule has 1 aromatic rings. The third kappa shape index (κ3) is 8.02. The van der Waals surface area contributed by atoms with E-state index in [0.29, 0.717) is 6.54 Å². The highest BCUT2D eigenvalue weighted by molar-refractivity contribution is 6.43. The molecule has 1 fully saturated rings. The summed E-state index contributed by atoms with van der Waals surface area (Å²) in [4.78, 5) is 27.1. The molecule has 1 aliphatic heterocycles. The van der Waals surface area contributed by atoms with E-state index in [4.69, 9.17) is 0 Å².